The summed E-state index contributed by atoms with van der Waals surface area (Å²) in [5.41, 5.74) is 0.577. The Morgan fingerprint density at radius 2 is 2.20 bits per heavy atom. The fourth-order valence-electron chi connectivity index (χ4n) is 2.04. The molecule has 0 aliphatic heterocycles. The maximum Gasteiger partial charge on any atom is 0.356 e. The highest BCUT2D eigenvalue weighted by Crippen LogP contribution is 2.23. The van der Waals surface area contributed by atoms with Gasteiger partial charge in [-0.3, -0.25) is 4.40 Å². The molecule has 0 atom stereocenters. The lowest BCUT2D eigenvalue weighted by molar-refractivity contribution is 0.0690. The molecule has 20 heavy (non-hydrogen) atoms. The van der Waals surface area contributed by atoms with Gasteiger partial charge in [0.25, 0.3) is 0 Å². The van der Waals surface area contributed by atoms with Crippen LogP contribution in [0.1, 0.15) is 30.8 Å². The van der Waals surface area contributed by atoms with Crippen LogP contribution in [0.25, 0.3) is 5.65 Å². The minimum absolute atomic E-state index is 0.103. The van der Waals surface area contributed by atoms with E-state index in [0.717, 1.165) is 0 Å². The predicted molar refractivity (Wildman–Crippen MR) is 76.1 cm³/mol. The van der Waals surface area contributed by atoms with Gasteiger partial charge in [-0.25, -0.2) is 9.78 Å². The summed E-state index contributed by atoms with van der Waals surface area (Å²) in [6.07, 6.45) is 2.31. The van der Waals surface area contributed by atoms with E-state index in [1.807, 2.05) is 19.9 Å². The van der Waals surface area contributed by atoms with Crippen LogP contribution in [0.5, 0.6) is 0 Å². The number of imidazole rings is 1. The van der Waals surface area contributed by atoms with Crippen molar-refractivity contribution in [2.45, 2.75) is 20.3 Å². The van der Waals surface area contributed by atoms with Gasteiger partial charge in [0.2, 0.25) is 0 Å². The van der Waals surface area contributed by atoms with E-state index in [-0.39, 0.29) is 17.7 Å². The van der Waals surface area contributed by atoms with E-state index >= 15 is 0 Å². The number of aromatic carboxylic acids is 1. The first-order chi connectivity index (χ1) is 9.44. The molecule has 0 aromatic carbocycles. The molecule has 0 aliphatic carbocycles. The number of aromatic nitrogens is 2. The molecule has 0 unspecified atom stereocenters. The third kappa shape index (κ3) is 2.91. The first-order valence-corrected chi connectivity index (χ1v) is 6.50. The molecule has 0 saturated heterocycles. The van der Waals surface area contributed by atoms with Gasteiger partial charge >= 0.3 is 5.97 Å². The number of pyridine rings is 1. The van der Waals surface area contributed by atoms with Crippen molar-refractivity contribution < 1.29 is 15.0 Å². The number of aliphatic hydroxyl groups excluding tert-OH is 1. The van der Waals surface area contributed by atoms with Crippen molar-refractivity contribution in [3.05, 3.63) is 30.1 Å². The molecule has 3 N–H and O–H groups in total. The van der Waals surface area contributed by atoms with Crippen molar-refractivity contribution in [1.29, 1.82) is 0 Å². The number of anilines is 1. The second kappa shape index (κ2) is 5.50. The van der Waals surface area contributed by atoms with Crippen molar-refractivity contribution in [2.24, 2.45) is 5.41 Å². The minimum atomic E-state index is -1.02. The Kier molecular flexibility index (Phi) is 3.94. The van der Waals surface area contributed by atoms with E-state index < -0.39 is 5.97 Å². The van der Waals surface area contributed by atoms with E-state index in [1.54, 1.807) is 22.7 Å². The van der Waals surface area contributed by atoms with Gasteiger partial charge < -0.3 is 15.5 Å². The van der Waals surface area contributed by atoms with E-state index in [2.05, 4.69) is 10.3 Å². The van der Waals surface area contributed by atoms with E-state index in [1.165, 1.54) is 0 Å². The van der Waals surface area contributed by atoms with E-state index in [0.29, 0.717) is 24.4 Å². The number of fused-ring (bicyclic) bond motifs is 1. The average molecular weight is 277 g/mol. The standard InChI is InChI=1S/C14H19N3O3/c1-14(2,6-8-18)9-15-12-11(13(19)20)17-7-4-3-5-10(17)16-12/h3-5,7,15,18H,6,8-9H2,1-2H3,(H,19,20). The molecule has 6 heteroatoms. The molecule has 6 nitrogen and oxygen atoms in total. The smallest absolute Gasteiger partial charge is 0.356 e. The van der Waals surface area contributed by atoms with Gasteiger partial charge in [-0.05, 0) is 24.0 Å². The summed E-state index contributed by atoms with van der Waals surface area (Å²) < 4.78 is 1.55. The minimum Gasteiger partial charge on any atom is -0.476 e. The third-order valence-corrected chi connectivity index (χ3v) is 3.26. The maximum absolute atomic E-state index is 11.4. The Morgan fingerprint density at radius 1 is 1.45 bits per heavy atom. The van der Waals surface area contributed by atoms with Crippen LogP contribution in [0.2, 0.25) is 0 Å². The Balaban J connectivity index is 2.30. The van der Waals surface area contributed by atoms with Crippen LogP contribution in [-0.4, -0.2) is 38.7 Å². The van der Waals surface area contributed by atoms with Gasteiger partial charge in [-0.1, -0.05) is 19.9 Å². The highest BCUT2D eigenvalue weighted by Gasteiger charge is 2.22. The fraction of sp³-hybridized carbons (Fsp3) is 0.429. The van der Waals surface area contributed by atoms with E-state index in [9.17, 15) is 9.90 Å². The normalized spacial score (nSPS) is 11.8. The van der Waals surface area contributed by atoms with Crippen LogP contribution >= 0.6 is 0 Å². The zero-order valence-electron chi connectivity index (χ0n) is 11.6. The second-order valence-corrected chi connectivity index (χ2v) is 5.53. The third-order valence-electron chi connectivity index (χ3n) is 3.26. The molecule has 2 heterocycles. The molecular weight excluding hydrogens is 258 g/mol. The fourth-order valence-corrected chi connectivity index (χ4v) is 2.04. The van der Waals surface area contributed by atoms with Crippen molar-refractivity contribution in [3.8, 4) is 0 Å². The van der Waals surface area contributed by atoms with E-state index in [4.69, 9.17) is 5.11 Å². The van der Waals surface area contributed by atoms with Crippen LogP contribution in [-0.2, 0) is 0 Å². The Bertz CT molecular complexity index is 619. The summed E-state index contributed by atoms with van der Waals surface area (Å²) in [6.45, 7) is 4.66. The van der Waals surface area contributed by atoms with Crippen LogP contribution in [0.4, 0.5) is 5.82 Å². The number of carbonyl (C=O) groups is 1. The number of hydrogen-bond acceptors (Lipinski definition) is 4. The number of hydrogen-bond donors (Lipinski definition) is 3. The first-order valence-electron chi connectivity index (χ1n) is 6.50. The van der Waals surface area contributed by atoms with Crippen LogP contribution in [0.15, 0.2) is 24.4 Å². The van der Waals surface area contributed by atoms with Crippen LogP contribution in [0, 0.1) is 5.41 Å². The van der Waals surface area contributed by atoms with Crippen molar-refractivity contribution in [3.63, 3.8) is 0 Å². The summed E-state index contributed by atoms with van der Waals surface area (Å²) >= 11 is 0. The van der Waals surface area contributed by atoms with Gasteiger partial charge in [-0.2, -0.15) is 0 Å². The van der Waals surface area contributed by atoms with Crippen molar-refractivity contribution >= 4 is 17.4 Å². The average Bonchev–Trinajstić information content (AvgIpc) is 2.74. The monoisotopic (exact) mass is 277 g/mol. The number of nitrogens with zero attached hydrogens (tertiary/aromatic N) is 2. The largest absolute Gasteiger partial charge is 0.476 e. The molecule has 0 saturated carbocycles. The molecule has 0 spiro atoms. The van der Waals surface area contributed by atoms with Gasteiger partial charge in [0, 0.05) is 19.3 Å². The summed E-state index contributed by atoms with van der Waals surface area (Å²) in [6, 6.07) is 5.34. The molecule has 0 amide bonds. The topological polar surface area (TPSA) is 86.9 Å². The maximum atomic E-state index is 11.4. The first kappa shape index (κ1) is 14.3. The summed E-state index contributed by atoms with van der Waals surface area (Å²) in [4.78, 5) is 15.7. The zero-order chi connectivity index (χ0) is 14.8. The Hall–Kier alpha value is -2.08. The highest BCUT2D eigenvalue weighted by molar-refractivity contribution is 5.92. The molecule has 2 aromatic heterocycles. The number of carboxylic acids is 1. The molecule has 0 bridgehead atoms. The molecule has 2 aromatic rings. The Labute approximate surface area is 117 Å². The highest BCUT2D eigenvalue weighted by atomic mass is 16.4. The van der Waals surface area contributed by atoms with Gasteiger partial charge in [0.1, 0.15) is 5.65 Å². The van der Waals surface area contributed by atoms with Gasteiger partial charge in [0.05, 0.1) is 0 Å². The molecule has 108 valence electrons. The molecule has 0 fully saturated rings. The molecule has 2 rings (SSSR count). The molecule has 0 aliphatic rings. The number of carboxylic acid groups (broad SMARTS) is 1. The molecule has 0 radical (unpaired) electrons. The van der Waals surface area contributed by atoms with Gasteiger partial charge in [-0.15, -0.1) is 0 Å². The summed E-state index contributed by atoms with van der Waals surface area (Å²) in [5, 5.41) is 21.4. The SMILES string of the molecule is CC(C)(CCO)CNc1nc2ccccn2c1C(=O)O. The predicted octanol–water partition coefficient (Wildman–Crippen LogP) is 1.85. The van der Waals surface area contributed by atoms with Crippen LogP contribution < -0.4 is 5.32 Å². The molecular formula is C14H19N3O3. The lowest BCUT2D eigenvalue weighted by Crippen LogP contribution is -2.25. The quantitative estimate of drug-likeness (QED) is 0.750. The van der Waals surface area contributed by atoms with Crippen molar-refractivity contribution in [2.75, 3.05) is 18.5 Å². The number of rotatable bonds is 6. The lowest BCUT2D eigenvalue weighted by Gasteiger charge is -2.23. The number of nitrogens with one attached hydrogen (secondary N) is 1. The lowest BCUT2D eigenvalue weighted by atomic mass is 9.90. The number of aliphatic hydroxyl groups is 1. The zero-order valence-corrected chi connectivity index (χ0v) is 11.6. The summed E-state index contributed by atoms with van der Waals surface area (Å²) in [7, 11) is 0. The summed E-state index contributed by atoms with van der Waals surface area (Å²) in [5.74, 6) is -0.666. The van der Waals surface area contributed by atoms with Crippen LogP contribution in [0.3, 0.4) is 0 Å². The Morgan fingerprint density at radius 3 is 2.85 bits per heavy atom. The second-order valence-electron chi connectivity index (χ2n) is 5.53. The van der Waals surface area contributed by atoms with Gasteiger partial charge in [0.15, 0.2) is 11.5 Å². The van der Waals surface area contributed by atoms with Crippen molar-refractivity contribution in [1.82, 2.24) is 9.38 Å².